The Kier molecular flexibility index (Phi) is 5.91. The smallest absolute Gasteiger partial charge is 0.293 e. The average molecular weight is 487 g/mol. The van der Waals surface area contributed by atoms with E-state index >= 15 is 0 Å². The van der Waals surface area contributed by atoms with Crippen LogP contribution in [-0.2, 0) is 12.6 Å². The summed E-state index contributed by atoms with van der Waals surface area (Å²) in [6, 6.07) is 24.5. The molecule has 1 aromatic heterocycles. The molecule has 0 spiro atoms. The number of alkyl halides is 3. The number of carbonyl (C=O) groups is 1. The lowest BCUT2D eigenvalue weighted by molar-refractivity contribution is -0.138. The van der Waals surface area contributed by atoms with E-state index in [1.165, 1.54) is 5.56 Å². The van der Waals surface area contributed by atoms with Gasteiger partial charge in [-0.1, -0.05) is 78.5 Å². The van der Waals surface area contributed by atoms with Gasteiger partial charge in [-0.3, -0.25) is 4.79 Å². The first kappa shape index (κ1) is 22.9. The number of hydrogen-bond donors (Lipinski definition) is 0. The van der Waals surface area contributed by atoms with Crippen molar-refractivity contribution < 1.29 is 18.0 Å². The molecule has 4 aromatic rings. The molecule has 0 aliphatic heterocycles. The van der Waals surface area contributed by atoms with Crippen molar-refractivity contribution in [1.82, 2.24) is 4.98 Å². The molecule has 0 atom stereocenters. The molecule has 35 heavy (non-hydrogen) atoms. The van der Waals surface area contributed by atoms with Gasteiger partial charge in [0.1, 0.15) is 11.1 Å². The lowest BCUT2D eigenvalue weighted by Gasteiger charge is -2.14. The van der Waals surface area contributed by atoms with Crippen LogP contribution in [0.15, 0.2) is 83.9 Å². The van der Waals surface area contributed by atoms with E-state index in [2.05, 4.69) is 11.1 Å². The topological polar surface area (TPSA) is 53.8 Å². The minimum atomic E-state index is -4.73. The molecule has 0 fully saturated rings. The second-order valence-electron chi connectivity index (χ2n) is 8.13. The van der Waals surface area contributed by atoms with Gasteiger partial charge in [-0.2, -0.15) is 18.4 Å². The molecule has 1 heterocycles. The first-order valence-corrected chi connectivity index (χ1v) is 11.8. The van der Waals surface area contributed by atoms with Gasteiger partial charge in [0.25, 0.3) is 0 Å². The summed E-state index contributed by atoms with van der Waals surface area (Å²) < 4.78 is 41.3. The highest BCUT2D eigenvalue weighted by molar-refractivity contribution is 8.00. The molecule has 0 bridgehead atoms. The van der Waals surface area contributed by atoms with Crippen LogP contribution in [0.3, 0.4) is 0 Å². The zero-order valence-electron chi connectivity index (χ0n) is 18.3. The Bertz CT molecular complexity index is 1490. The standard InChI is InChI=1S/C28H17F3N2OS/c29-28(30,31)24-14-25(17-6-2-1-3-7-17)33-27(23(24)15-32)35-16-26(34)19-10-11-22-20(13-19)12-18-8-4-5-9-21(18)22/h1-11,13-14H,12,16H2. The predicted molar refractivity (Wildman–Crippen MR) is 129 cm³/mol. The number of benzene rings is 3. The maximum atomic E-state index is 13.8. The quantitative estimate of drug-likeness (QED) is 0.195. The lowest BCUT2D eigenvalue weighted by Crippen LogP contribution is -2.11. The van der Waals surface area contributed by atoms with Gasteiger partial charge in [0.2, 0.25) is 0 Å². The van der Waals surface area contributed by atoms with E-state index in [0.29, 0.717) is 11.1 Å². The third-order valence-electron chi connectivity index (χ3n) is 5.93. The monoisotopic (exact) mass is 486 g/mol. The molecule has 0 saturated carbocycles. The van der Waals surface area contributed by atoms with Gasteiger partial charge in [-0.15, -0.1) is 0 Å². The van der Waals surface area contributed by atoms with Crippen molar-refractivity contribution in [2.45, 2.75) is 17.6 Å². The molecule has 0 amide bonds. The number of pyridine rings is 1. The molecular weight excluding hydrogens is 469 g/mol. The zero-order valence-corrected chi connectivity index (χ0v) is 19.1. The average Bonchev–Trinajstić information content (AvgIpc) is 3.24. The molecule has 172 valence electrons. The van der Waals surface area contributed by atoms with Gasteiger partial charge in [-0.05, 0) is 40.8 Å². The van der Waals surface area contributed by atoms with Gasteiger partial charge >= 0.3 is 6.18 Å². The van der Waals surface area contributed by atoms with Gasteiger partial charge in [0, 0.05) is 11.1 Å². The Morgan fingerprint density at radius 3 is 2.40 bits per heavy atom. The second kappa shape index (κ2) is 9.05. The minimum Gasteiger partial charge on any atom is -0.293 e. The van der Waals surface area contributed by atoms with Crippen LogP contribution in [0.2, 0.25) is 0 Å². The maximum Gasteiger partial charge on any atom is 0.417 e. The number of nitrogens with zero attached hydrogens (tertiary/aromatic N) is 2. The Hall–Kier alpha value is -3.89. The van der Waals surface area contributed by atoms with Crippen LogP contribution >= 0.6 is 11.8 Å². The normalized spacial score (nSPS) is 12.1. The number of rotatable bonds is 5. The summed E-state index contributed by atoms with van der Waals surface area (Å²) in [6.07, 6.45) is -4.00. The molecule has 0 unspecified atom stereocenters. The Morgan fingerprint density at radius 2 is 1.66 bits per heavy atom. The van der Waals surface area contributed by atoms with Gasteiger partial charge in [-0.25, -0.2) is 4.98 Å². The summed E-state index contributed by atoms with van der Waals surface area (Å²) >= 11 is 0.851. The van der Waals surface area contributed by atoms with Crippen LogP contribution in [0.4, 0.5) is 13.2 Å². The van der Waals surface area contributed by atoms with Crippen molar-refractivity contribution >= 4 is 17.5 Å². The summed E-state index contributed by atoms with van der Waals surface area (Å²) in [7, 11) is 0. The SMILES string of the molecule is N#Cc1c(C(F)(F)F)cc(-c2ccccc2)nc1SCC(=O)c1ccc2c(c1)Cc1ccccc1-2. The van der Waals surface area contributed by atoms with E-state index in [1.54, 1.807) is 42.5 Å². The van der Waals surface area contributed by atoms with E-state index in [4.69, 9.17) is 0 Å². The van der Waals surface area contributed by atoms with E-state index in [-0.39, 0.29) is 22.3 Å². The van der Waals surface area contributed by atoms with Crippen molar-refractivity contribution in [2.75, 3.05) is 5.75 Å². The molecule has 1 aliphatic carbocycles. The molecule has 0 N–H and O–H groups in total. The molecule has 3 nitrogen and oxygen atoms in total. The van der Waals surface area contributed by atoms with E-state index in [1.807, 2.05) is 30.3 Å². The van der Waals surface area contributed by atoms with E-state index in [0.717, 1.165) is 40.9 Å². The number of fused-ring (bicyclic) bond motifs is 3. The Morgan fingerprint density at radius 1 is 0.943 bits per heavy atom. The largest absolute Gasteiger partial charge is 0.417 e. The van der Waals surface area contributed by atoms with Gasteiger partial charge < -0.3 is 0 Å². The highest BCUT2D eigenvalue weighted by atomic mass is 32.2. The van der Waals surface area contributed by atoms with Crippen molar-refractivity contribution in [2.24, 2.45) is 0 Å². The predicted octanol–water partition coefficient (Wildman–Crippen LogP) is 7.19. The minimum absolute atomic E-state index is 0.0992. The fourth-order valence-electron chi connectivity index (χ4n) is 4.25. The molecule has 3 aromatic carbocycles. The van der Waals surface area contributed by atoms with E-state index < -0.39 is 17.3 Å². The first-order chi connectivity index (χ1) is 16.8. The van der Waals surface area contributed by atoms with Crippen molar-refractivity contribution in [3.63, 3.8) is 0 Å². The van der Waals surface area contributed by atoms with Crippen LogP contribution in [0.1, 0.15) is 32.6 Å². The van der Waals surface area contributed by atoms with Crippen LogP contribution in [-0.4, -0.2) is 16.5 Å². The van der Waals surface area contributed by atoms with Crippen LogP contribution < -0.4 is 0 Å². The first-order valence-electron chi connectivity index (χ1n) is 10.8. The number of Topliss-reactive ketones (excluding diaryl/α,β-unsaturated/α-hetero) is 1. The summed E-state index contributed by atoms with van der Waals surface area (Å²) in [4.78, 5) is 17.3. The Labute approximate surface area is 204 Å². The molecule has 0 radical (unpaired) electrons. The fourth-order valence-corrected chi connectivity index (χ4v) is 5.15. The van der Waals surface area contributed by atoms with Gasteiger partial charge in [0.05, 0.1) is 22.6 Å². The van der Waals surface area contributed by atoms with Crippen LogP contribution in [0.5, 0.6) is 0 Å². The summed E-state index contributed by atoms with van der Waals surface area (Å²) in [6.45, 7) is 0. The number of carbonyl (C=O) groups excluding carboxylic acids is 1. The summed E-state index contributed by atoms with van der Waals surface area (Å²) in [5, 5.41) is 9.40. The third-order valence-corrected chi connectivity index (χ3v) is 6.90. The number of thioether (sulfide) groups is 1. The highest BCUT2D eigenvalue weighted by Gasteiger charge is 2.36. The van der Waals surface area contributed by atoms with Crippen molar-refractivity contribution in [1.29, 1.82) is 5.26 Å². The summed E-state index contributed by atoms with van der Waals surface area (Å²) in [5.74, 6) is -0.374. The molecule has 5 rings (SSSR count). The fraction of sp³-hybridized carbons (Fsp3) is 0.107. The number of hydrogen-bond acceptors (Lipinski definition) is 4. The number of halogens is 3. The van der Waals surface area contributed by atoms with E-state index in [9.17, 15) is 23.2 Å². The Balaban J connectivity index is 1.44. The molecule has 1 aliphatic rings. The number of aromatic nitrogens is 1. The lowest BCUT2D eigenvalue weighted by atomic mass is 10.0. The number of nitriles is 1. The zero-order chi connectivity index (χ0) is 24.6. The van der Waals surface area contributed by atoms with Crippen LogP contribution in [0.25, 0.3) is 22.4 Å². The molecular formula is C28H17F3N2OS. The molecule has 0 saturated heterocycles. The third kappa shape index (κ3) is 4.45. The van der Waals surface area contributed by atoms with Crippen molar-refractivity contribution in [3.8, 4) is 28.5 Å². The summed E-state index contributed by atoms with van der Waals surface area (Å²) in [5.41, 5.74) is 3.93. The van der Waals surface area contributed by atoms with Crippen molar-refractivity contribution in [3.05, 3.63) is 107 Å². The highest BCUT2D eigenvalue weighted by Crippen LogP contribution is 2.39. The molecule has 7 heteroatoms. The second-order valence-corrected chi connectivity index (χ2v) is 9.09. The maximum absolute atomic E-state index is 13.8. The van der Waals surface area contributed by atoms with Crippen LogP contribution in [0, 0.1) is 11.3 Å². The number of ketones is 1. The van der Waals surface area contributed by atoms with Gasteiger partial charge in [0.15, 0.2) is 5.78 Å².